The van der Waals surface area contributed by atoms with Gasteiger partial charge in [0.2, 0.25) is 5.91 Å². The molecule has 0 heterocycles. The smallest absolute Gasteiger partial charge is 0.241 e. The minimum Gasteiger partial charge on any atom is -0.288 e. The van der Waals surface area contributed by atoms with Crippen molar-refractivity contribution in [2.75, 3.05) is 0 Å². The molecule has 0 saturated carbocycles. The van der Waals surface area contributed by atoms with E-state index in [0.29, 0.717) is 0 Å². The highest BCUT2D eigenvalue weighted by Crippen LogP contribution is 2.18. The van der Waals surface area contributed by atoms with Crippen LogP contribution in [-0.4, -0.2) is 5.91 Å². The number of carbonyl (C=O) groups is 1. The van der Waals surface area contributed by atoms with Crippen LogP contribution in [0.15, 0.2) is 40.6 Å². The first-order chi connectivity index (χ1) is 6.22. The average Bonchev–Trinajstić information content (AvgIpc) is 2.49. The van der Waals surface area contributed by atoms with Crippen LogP contribution in [0.2, 0.25) is 0 Å². The fraction of sp³-hybridized carbons (Fsp3) is 0.222. The Hall–Kier alpha value is -1.80. The van der Waals surface area contributed by atoms with Gasteiger partial charge in [0.25, 0.3) is 0 Å². The molecule has 0 aromatic rings. The summed E-state index contributed by atoms with van der Waals surface area (Å²) >= 11 is 0. The van der Waals surface area contributed by atoms with Gasteiger partial charge in [-0.1, -0.05) is 23.8 Å². The number of allylic oxidation sites excluding steroid dienone is 5. The zero-order valence-corrected chi connectivity index (χ0v) is 7.27. The van der Waals surface area contributed by atoms with Crippen molar-refractivity contribution in [3.8, 4) is 0 Å². The number of hydrogen-bond acceptors (Lipinski definition) is 1. The molecule has 0 fully saturated rings. The number of amides is 1. The summed E-state index contributed by atoms with van der Waals surface area (Å²) in [4.78, 5) is 13.1. The highest BCUT2D eigenvalue weighted by atomic mass is 16.1. The van der Waals surface area contributed by atoms with Crippen LogP contribution in [0.5, 0.6) is 0 Å². The Morgan fingerprint density at radius 3 is 3.00 bits per heavy atom. The highest BCUT2D eigenvalue weighted by Gasteiger charge is 2.00. The van der Waals surface area contributed by atoms with Crippen molar-refractivity contribution in [3.05, 3.63) is 45.9 Å². The maximum atomic E-state index is 10.7. The van der Waals surface area contributed by atoms with Crippen molar-refractivity contribution >= 4 is 5.91 Å². The molecule has 1 aliphatic rings. The molecule has 4 nitrogen and oxygen atoms in total. The van der Waals surface area contributed by atoms with E-state index in [4.69, 9.17) is 5.53 Å². The van der Waals surface area contributed by atoms with Gasteiger partial charge in [0.1, 0.15) is 0 Å². The van der Waals surface area contributed by atoms with E-state index >= 15 is 0 Å². The standard InChI is InChI=1S/C9H9N3O/c1-7-2-3-8(6-7)4-5-9(13)11-12-10/h2-5H,6H2,1H3/b5-4+. The van der Waals surface area contributed by atoms with Crippen LogP contribution in [0, 0.1) is 0 Å². The van der Waals surface area contributed by atoms with Crippen molar-refractivity contribution in [3.63, 3.8) is 0 Å². The molecule has 1 rings (SSSR count). The van der Waals surface area contributed by atoms with E-state index in [1.165, 1.54) is 11.6 Å². The molecule has 0 aliphatic heterocycles. The van der Waals surface area contributed by atoms with E-state index in [1.54, 1.807) is 6.08 Å². The first kappa shape index (κ1) is 9.29. The molecule has 13 heavy (non-hydrogen) atoms. The van der Waals surface area contributed by atoms with Crippen LogP contribution in [0.1, 0.15) is 13.3 Å². The lowest BCUT2D eigenvalue weighted by Gasteiger charge is -1.91. The quantitative estimate of drug-likeness (QED) is 0.275. The fourth-order valence-corrected chi connectivity index (χ4v) is 1.06. The van der Waals surface area contributed by atoms with Gasteiger partial charge in [0.05, 0.1) is 0 Å². The summed E-state index contributed by atoms with van der Waals surface area (Å²) in [6.45, 7) is 2.02. The highest BCUT2D eigenvalue weighted by molar-refractivity contribution is 5.88. The van der Waals surface area contributed by atoms with Gasteiger partial charge in [0, 0.05) is 4.91 Å². The minimum absolute atomic E-state index is 0.562. The molecule has 0 unspecified atom stereocenters. The zero-order valence-electron chi connectivity index (χ0n) is 7.27. The van der Waals surface area contributed by atoms with Gasteiger partial charge >= 0.3 is 0 Å². The van der Waals surface area contributed by atoms with Crippen LogP contribution < -0.4 is 0 Å². The number of carbonyl (C=O) groups excluding carboxylic acids is 1. The summed E-state index contributed by atoms with van der Waals surface area (Å²) in [5, 5.41) is 2.92. The Morgan fingerprint density at radius 1 is 1.69 bits per heavy atom. The molecular weight excluding hydrogens is 166 g/mol. The van der Waals surface area contributed by atoms with Crippen LogP contribution in [0.3, 0.4) is 0 Å². The summed E-state index contributed by atoms with van der Waals surface area (Å²) in [7, 11) is 0. The lowest BCUT2D eigenvalue weighted by Crippen LogP contribution is -1.83. The zero-order chi connectivity index (χ0) is 9.68. The van der Waals surface area contributed by atoms with E-state index in [1.807, 2.05) is 19.1 Å². The predicted molar refractivity (Wildman–Crippen MR) is 49.8 cm³/mol. The molecule has 66 valence electrons. The third-order valence-electron chi connectivity index (χ3n) is 1.65. The molecule has 1 amide bonds. The van der Waals surface area contributed by atoms with E-state index in [9.17, 15) is 4.79 Å². The van der Waals surface area contributed by atoms with Crippen LogP contribution in [-0.2, 0) is 4.79 Å². The maximum absolute atomic E-state index is 10.7. The monoisotopic (exact) mass is 175 g/mol. The third-order valence-corrected chi connectivity index (χ3v) is 1.65. The summed E-state index contributed by atoms with van der Waals surface area (Å²) in [5.41, 5.74) is 10.3. The second-order valence-electron chi connectivity index (χ2n) is 2.79. The Bertz CT molecular complexity index is 357. The Morgan fingerprint density at radius 2 is 2.46 bits per heavy atom. The molecule has 0 saturated heterocycles. The topological polar surface area (TPSA) is 65.8 Å². The fourth-order valence-electron chi connectivity index (χ4n) is 1.06. The van der Waals surface area contributed by atoms with E-state index in [-0.39, 0.29) is 0 Å². The number of rotatable bonds is 2. The second kappa shape index (κ2) is 4.28. The first-order valence-electron chi connectivity index (χ1n) is 3.86. The van der Waals surface area contributed by atoms with Crippen molar-refractivity contribution in [2.45, 2.75) is 13.3 Å². The summed E-state index contributed by atoms with van der Waals surface area (Å²) < 4.78 is 0. The van der Waals surface area contributed by atoms with Gasteiger partial charge in [-0.05, 0) is 35.6 Å². The van der Waals surface area contributed by atoms with Crippen LogP contribution in [0.4, 0.5) is 0 Å². The van der Waals surface area contributed by atoms with Gasteiger partial charge in [-0.15, -0.1) is 0 Å². The molecule has 0 atom stereocenters. The normalized spacial score (nSPS) is 15.2. The molecular formula is C9H9N3O. The molecule has 0 aromatic heterocycles. The van der Waals surface area contributed by atoms with Crippen molar-refractivity contribution in [1.29, 1.82) is 0 Å². The van der Waals surface area contributed by atoms with Crippen molar-refractivity contribution < 1.29 is 4.79 Å². The van der Waals surface area contributed by atoms with Crippen molar-refractivity contribution in [1.82, 2.24) is 0 Å². The lowest BCUT2D eigenvalue weighted by molar-refractivity contribution is -0.113. The van der Waals surface area contributed by atoms with E-state index in [2.05, 4.69) is 10.0 Å². The average molecular weight is 175 g/mol. The molecule has 0 N–H and O–H groups in total. The Kier molecular flexibility index (Phi) is 3.06. The van der Waals surface area contributed by atoms with Crippen LogP contribution in [0.25, 0.3) is 10.4 Å². The summed E-state index contributed by atoms with van der Waals surface area (Å²) in [5.74, 6) is -0.562. The predicted octanol–water partition coefficient (Wildman–Crippen LogP) is 2.66. The van der Waals surface area contributed by atoms with Gasteiger partial charge < -0.3 is 0 Å². The number of azide groups is 1. The van der Waals surface area contributed by atoms with Gasteiger partial charge in [0.15, 0.2) is 0 Å². The van der Waals surface area contributed by atoms with Crippen LogP contribution >= 0.6 is 0 Å². The summed E-state index contributed by atoms with van der Waals surface area (Å²) in [6, 6.07) is 0. The molecule has 0 aromatic carbocycles. The van der Waals surface area contributed by atoms with Gasteiger partial charge in [-0.25, -0.2) is 0 Å². The van der Waals surface area contributed by atoms with Gasteiger partial charge in [-0.2, -0.15) is 0 Å². The first-order valence-corrected chi connectivity index (χ1v) is 3.86. The van der Waals surface area contributed by atoms with Crippen molar-refractivity contribution in [2.24, 2.45) is 5.11 Å². The second-order valence-corrected chi connectivity index (χ2v) is 2.79. The lowest BCUT2D eigenvalue weighted by atomic mass is 10.1. The molecule has 0 radical (unpaired) electrons. The van der Waals surface area contributed by atoms with Gasteiger partial charge in [-0.3, -0.25) is 4.79 Å². The minimum atomic E-state index is -0.562. The molecule has 4 heteroatoms. The number of nitrogens with zero attached hydrogens (tertiary/aromatic N) is 3. The maximum Gasteiger partial charge on any atom is 0.241 e. The molecule has 1 aliphatic carbocycles. The van der Waals surface area contributed by atoms with E-state index < -0.39 is 5.91 Å². The molecule has 0 spiro atoms. The Balaban J connectivity index is 2.52. The largest absolute Gasteiger partial charge is 0.288 e. The number of hydrogen-bond donors (Lipinski definition) is 0. The van der Waals surface area contributed by atoms with E-state index in [0.717, 1.165) is 12.0 Å². The Labute approximate surface area is 75.9 Å². The SMILES string of the molecule is CC1=CC=C(/C=C/C(=O)N=[N+]=[N-])C1. The molecule has 0 bridgehead atoms. The summed E-state index contributed by atoms with van der Waals surface area (Å²) in [6.07, 6.45) is 7.75. The third kappa shape index (κ3) is 2.97.